The number of nitrogens with zero attached hydrogens (tertiary/aromatic N) is 1. The van der Waals surface area contributed by atoms with Gasteiger partial charge in [-0.25, -0.2) is 0 Å². The van der Waals surface area contributed by atoms with E-state index in [-0.39, 0.29) is 30.7 Å². The smallest absolute Gasteiger partial charge is 0.244 e. The first kappa shape index (κ1) is 24.7. The molecule has 0 saturated carbocycles. The Kier molecular flexibility index (Phi) is 10.6. The molecule has 0 aromatic heterocycles. The minimum absolute atomic E-state index is 0. The maximum Gasteiger partial charge on any atom is 0.244 e. The van der Waals surface area contributed by atoms with Gasteiger partial charge in [0.1, 0.15) is 5.54 Å². The molecule has 25 heavy (non-hydrogen) atoms. The van der Waals surface area contributed by atoms with Gasteiger partial charge in [-0.15, -0.1) is 24.8 Å². The number of benzene rings is 1. The third-order valence-corrected chi connectivity index (χ3v) is 5.28. The second-order valence-electron chi connectivity index (χ2n) is 7.02. The lowest BCUT2D eigenvalue weighted by Crippen LogP contribution is -2.51. The Morgan fingerprint density at radius 1 is 1.36 bits per heavy atom. The van der Waals surface area contributed by atoms with Crippen LogP contribution in [0.2, 0.25) is 0 Å². The molecule has 1 fully saturated rings. The van der Waals surface area contributed by atoms with Crippen molar-refractivity contribution in [1.82, 2.24) is 10.2 Å². The molecule has 2 atom stereocenters. The summed E-state index contributed by atoms with van der Waals surface area (Å²) in [5, 5.41) is 3.06. The molecular weight excluding hydrogens is 425 g/mol. The van der Waals surface area contributed by atoms with Crippen LogP contribution in [0.4, 0.5) is 0 Å². The predicted molar refractivity (Wildman–Crippen MR) is 113 cm³/mol. The van der Waals surface area contributed by atoms with Crippen molar-refractivity contribution >= 4 is 46.7 Å². The number of hydrogen-bond acceptors (Lipinski definition) is 3. The highest BCUT2D eigenvalue weighted by Gasteiger charge is 2.31. The van der Waals surface area contributed by atoms with E-state index >= 15 is 0 Å². The zero-order valence-electron chi connectivity index (χ0n) is 15.1. The van der Waals surface area contributed by atoms with Gasteiger partial charge in [0.25, 0.3) is 0 Å². The fourth-order valence-electron chi connectivity index (χ4n) is 3.08. The van der Waals surface area contributed by atoms with Crippen LogP contribution in [0.3, 0.4) is 0 Å². The Hall–Kier alpha value is -0.330. The third-order valence-electron chi connectivity index (χ3n) is 4.75. The molecule has 1 amide bonds. The molecule has 0 aliphatic carbocycles. The molecule has 1 aromatic rings. The first-order valence-electron chi connectivity index (χ1n) is 8.38. The SMILES string of the molecule is CC(C)N1CCCC(CNC(=O)C(C)(N)c2ccc(Br)cc2)C1.Cl.Cl. The van der Waals surface area contributed by atoms with Crippen molar-refractivity contribution in [2.24, 2.45) is 11.7 Å². The summed E-state index contributed by atoms with van der Waals surface area (Å²) in [6.45, 7) is 9.14. The van der Waals surface area contributed by atoms with Crippen molar-refractivity contribution in [3.8, 4) is 0 Å². The Bertz CT molecular complexity index is 538. The van der Waals surface area contributed by atoms with Gasteiger partial charge in [0.05, 0.1) is 0 Å². The zero-order valence-corrected chi connectivity index (χ0v) is 18.3. The molecule has 0 spiro atoms. The first-order chi connectivity index (χ1) is 10.8. The molecule has 1 saturated heterocycles. The van der Waals surface area contributed by atoms with Gasteiger partial charge in [-0.1, -0.05) is 28.1 Å². The fourth-order valence-corrected chi connectivity index (χ4v) is 3.35. The zero-order chi connectivity index (χ0) is 17.0. The molecule has 1 aliphatic heterocycles. The van der Waals surface area contributed by atoms with Crippen molar-refractivity contribution < 1.29 is 4.79 Å². The van der Waals surface area contributed by atoms with Crippen LogP contribution < -0.4 is 11.1 Å². The summed E-state index contributed by atoms with van der Waals surface area (Å²) in [6, 6.07) is 8.18. The number of piperidine rings is 1. The molecule has 1 aliphatic rings. The second-order valence-corrected chi connectivity index (χ2v) is 7.93. The normalized spacial score (nSPS) is 20.2. The van der Waals surface area contributed by atoms with Crippen molar-refractivity contribution in [2.45, 2.75) is 45.2 Å². The fraction of sp³-hybridized carbons (Fsp3) is 0.611. The molecule has 1 aromatic carbocycles. The van der Waals surface area contributed by atoms with Crippen molar-refractivity contribution in [2.75, 3.05) is 19.6 Å². The van der Waals surface area contributed by atoms with Gasteiger partial charge in [0.2, 0.25) is 5.91 Å². The number of carbonyl (C=O) groups excluding carboxylic acids is 1. The van der Waals surface area contributed by atoms with Crippen LogP contribution in [0.15, 0.2) is 28.7 Å². The minimum atomic E-state index is -1.01. The molecule has 1 heterocycles. The topological polar surface area (TPSA) is 58.4 Å². The highest BCUT2D eigenvalue weighted by Crippen LogP contribution is 2.22. The van der Waals surface area contributed by atoms with Gasteiger partial charge in [-0.3, -0.25) is 4.79 Å². The highest BCUT2D eigenvalue weighted by molar-refractivity contribution is 9.10. The highest BCUT2D eigenvalue weighted by atomic mass is 79.9. The molecule has 0 bridgehead atoms. The molecule has 2 rings (SSSR count). The van der Waals surface area contributed by atoms with E-state index in [2.05, 4.69) is 40.0 Å². The van der Waals surface area contributed by atoms with Gasteiger partial charge in [-0.05, 0) is 63.8 Å². The van der Waals surface area contributed by atoms with E-state index in [1.165, 1.54) is 12.8 Å². The summed E-state index contributed by atoms with van der Waals surface area (Å²) in [5.41, 5.74) is 6.10. The average Bonchev–Trinajstić information content (AvgIpc) is 2.53. The maximum absolute atomic E-state index is 12.5. The summed E-state index contributed by atoms with van der Waals surface area (Å²) >= 11 is 3.40. The monoisotopic (exact) mass is 453 g/mol. The minimum Gasteiger partial charge on any atom is -0.354 e. The van der Waals surface area contributed by atoms with E-state index in [1.54, 1.807) is 6.92 Å². The Morgan fingerprint density at radius 3 is 2.52 bits per heavy atom. The number of nitrogens with two attached hydrogens (primary N) is 1. The Labute approximate surface area is 172 Å². The van der Waals surface area contributed by atoms with Gasteiger partial charge in [0, 0.05) is 23.6 Å². The summed E-state index contributed by atoms with van der Waals surface area (Å²) in [4.78, 5) is 15.0. The number of likely N-dealkylation sites (tertiary alicyclic amines) is 1. The van der Waals surface area contributed by atoms with E-state index in [0.717, 1.165) is 23.1 Å². The van der Waals surface area contributed by atoms with Crippen molar-refractivity contribution in [1.29, 1.82) is 0 Å². The van der Waals surface area contributed by atoms with Crippen LogP contribution in [0.5, 0.6) is 0 Å². The predicted octanol–water partition coefficient (Wildman–Crippen LogP) is 3.70. The van der Waals surface area contributed by atoms with Crippen LogP contribution in [-0.2, 0) is 10.3 Å². The lowest BCUT2D eigenvalue weighted by Gasteiger charge is -2.36. The average molecular weight is 455 g/mol. The summed E-state index contributed by atoms with van der Waals surface area (Å²) in [7, 11) is 0. The summed E-state index contributed by atoms with van der Waals surface area (Å²) < 4.78 is 0.980. The van der Waals surface area contributed by atoms with E-state index in [1.807, 2.05) is 24.3 Å². The van der Waals surface area contributed by atoms with E-state index in [0.29, 0.717) is 18.5 Å². The van der Waals surface area contributed by atoms with Crippen LogP contribution in [0.1, 0.15) is 39.2 Å². The van der Waals surface area contributed by atoms with E-state index in [4.69, 9.17) is 5.73 Å². The van der Waals surface area contributed by atoms with Crippen LogP contribution >= 0.6 is 40.7 Å². The summed E-state index contributed by atoms with van der Waals surface area (Å²) in [5.74, 6) is 0.400. The van der Waals surface area contributed by atoms with Gasteiger partial charge < -0.3 is 16.0 Å². The largest absolute Gasteiger partial charge is 0.354 e. The molecule has 3 N–H and O–H groups in total. The van der Waals surface area contributed by atoms with Crippen molar-refractivity contribution in [3.63, 3.8) is 0 Å². The molecule has 7 heteroatoms. The Balaban J connectivity index is 0.00000288. The number of amides is 1. The molecule has 2 unspecified atom stereocenters. The number of hydrogen-bond donors (Lipinski definition) is 2. The first-order valence-corrected chi connectivity index (χ1v) is 9.17. The number of nitrogens with one attached hydrogen (secondary N) is 1. The molecule has 144 valence electrons. The number of rotatable bonds is 5. The lowest BCUT2D eigenvalue weighted by atomic mass is 9.91. The van der Waals surface area contributed by atoms with Gasteiger partial charge in [-0.2, -0.15) is 0 Å². The summed E-state index contributed by atoms with van der Waals surface area (Å²) in [6.07, 6.45) is 2.37. The maximum atomic E-state index is 12.5. The van der Waals surface area contributed by atoms with E-state index in [9.17, 15) is 4.79 Å². The van der Waals surface area contributed by atoms with E-state index < -0.39 is 5.54 Å². The quantitative estimate of drug-likeness (QED) is 0.712. The van der Waals surface area contributed by atoms with Crippen molar-refractivity contribution in [3.05, 3.63) is 34.3 Å². The van der Waals surface area contributed by atoms with Crippen LogP contribution in [-0.4, -0.2) is 36.5 Å². The Morgan fingerprint density at radius 2 is 1.96 bits per heavy atom. The van der Waals surface area contributed by atoms with Crippen LogP contribution in [0, 0.1) is 5.92 Å². The number of halogens is 3. The lowest BCUT2D eigenvalue weighted by molar-refractivity contribution is -0.126. The number of carbonyl (C=O) groups is 1. The molecule has 0 radical (unpaired) electrons. The van der Waals surface area contributed by atoms with Gasteiger partial charge >= 0.3 is 0 Å². The molecular formula is C18H30BrCl2N3O. The molecule has 4 nitrogen and oxygen atoms in total. The third kappa shape index (κ3) is 6.72. The van der Waals surface area contributed by atoms with Gasteiger partial charge in [0.15, 0.2) is 0 Å². The standard InChI is InChI=1S/C18H28BrN3O.2ClH/c1-13(2)22-10-4-5-14(12-22)11-21-17(23)18(3,20)15-6-8-16(19)9-7-15;;/h6-9,13-14H,4-5,10-12,20H2,1-3H3,(H,21,23);2*1H. The van der Waals surface area contributed by atoms with Crippen LogP contribution in [0.25, 0.3) is 0 Å². The second kappa shape index (κ2) is 10.7.